The molecule has 0 aliphatic carbocycles. The van der Waals surface area contributed by atoms with Crippen molar-refractivity contribution in [2.45, 2.75) is 19.9 Å². The minimum absolute atomic E-state index is 0.298. The maximum absolute atomic E-state index is 11.9. The van der Waals surface area contributed by atoms with Gasteiger partial charge in [-0.1, -0.05) is 42.5 Å². The molecular weight excluding hydrogens is 238 g/mol. The Morgan fingerprint density at radius 3 is 2.47 bits per heavy atom. The molecule has 2 rings (SSSR count). The van der Waals surface area contributed by atoms with Crippen molar-refractivity contribution in [1.82, 2.24) is 0 Å². The smallest absolute Gasteiger partial charge is 0.313 e. The molecule has 3 nitrogen and oxygen atoms in total. The van der Waals surface area contributed by atoms with E-state index < -0.39 is 11.5 Å². The molecule has 100 valence electrons. The van der Waals surface area contributed by atoms with Crippen LogP contribution in [0.15, 0.2) is 42.5 Å². The van der Waals surface area contributed by atoms with Gasteiger partial charge < -0.3 is 10.5 Å². The van der Waals surface area contributed by atoms with Crippen LogP contribution in [-0.4, -0.2) is 13.1 Å². The summed E-state index contributed by atoms with van der Waals surface area (Å²) >= 11 is 0. The molecule has 3 heteroatoms. The van der Waals surface area contributed by atoms with Crippen LogP contribution < -0.4 is 5.73 Å². The highest BCUT2D eigenvalue weighted by Crippen LogP contribution is 2.35. The van der Waals surface area contributed by atoms with Crippen LogP contribution in [0.4, 0.5) is 0 Å². The summed E-state index contributed by atoms with van der Waals surface area (Å²) in [5.41, 5.74) is 6.52. The van der Waals surface area contributed by atoms with Crippen LogP contribution in [0.25, 0.3) is 10.8 Å². The molecule has 2 aromatic carbocycles. The molecule has 1 atom stereocenters. The van der Waals surface area contributed by atoms with Gasteiger partial charge in [-0.15, -0.1) is 0 Å². The van der Waals surface area contributed by atoms with E-state index in [2.05, 4.69) is 0 Å². The van der Waals surface area contributed by atoms with Gasteiger partial charge in [0.15, 0.2) is 0 Å². The van der Waals surface area contributed by atoms with Crippen molar-refractivity contribution in [3.8, 4) is 0 Å². The van der Waals surface area contributed by atoms with Crippen LogP contribution in [-0.2, 0) is 9.53 Å². The molecule has 0 saturated heterocycles. The number of ether oxygens (including phenoxy) is 1. The van der Waals surface area contributed by atoms with Gasteiger partial charge in [0.05, 0.1) is 12.5 Å². The van der Waals surface area contributed by atoms with E-state index in [0.717, 1.165) is 16.3 Å². The summed E-state index contributed by atoms with van der Waals surface area (Å²) in [6.07, 6.45) is 0. The van der Waals surface area contributed by atoms with E-state index in [0.29, 0.717) is 0 Å². The van der Waals surface area contributed by atoms with Gasteiger partial charge in [-0.05, 0) is 30.2 Å². The van der Waals surface area contributed by atoms with Crippen molar-refractivity contribution in [3.05, 3.63) is 48.0 Å². The fourth-order valence-corrected chi connectivity index (χ4v) is 2.30. The number of rotatable bonds is 3. The normalized spacial score (nSPS) is 13.3. The number of fused-ring (bicyclic) bond motifs is 1. The molecule has 0 heterocycles. The predicted molar refractivity (Wildman–Crippen MR) is 76.7 cm³/mol. The van der Waals surface area contributed by atoms with Crippen LogP contribution in [0.3, 0.4) is 0 Å². The van der Waals surface area contributed by atoms with Gasteiger partial charge in [0.25, 0.3) is 0 Å². The SMILES string of the molecule is COC(=O)C(C)(C)[C@H](N)c1cccc2ccccc12. The van der Waals surface area contributed by atoms with Gasteiger partial charge in [0, 0.05) is 6.04 Å². The summed E-state index contributed by atoms with van der Waals surface area (Å²) in [5.74, 6) is -0.298. The Kier molecular flexibility index (Phi) is 3.58. The maximum Gasteiger partial charge on any atom is 0.313 e. The zero-order chi connectivity index (χ0) is 14.0. The van der Waals surface area contributed by atoms with Crippen molar-refractivity contribution < 1.29 is 9.53 Å². The Hall–Kier alpha value is -1.87. The zero-order valence-corrected chi connectivity index (χ0v) is 11.5. The fraction of sp³-hybridized carbons (Fsp3) is 0.312. The number of methoxy groups -OCH3 is 1. The van der Waals surface area contributed by atoms with E-state index >= 15 is 0 Å². The van der Waals surface area contributed by atoms with Gasteiger partial charge in [-0.25, -0.2) is 0 Å². The highest BCUT2D eigenvalue weighted by atomic mass is 16.5. The van der Waals surface area contributed by atoms with Crippen molar-refractivity contribution in [2.75, 3.05) is 7.11 Å². The average molecular weight is 257 g/mol. The van der Waals surface area contributed by atoms with Crippen molar-refractivity contribution in [3.63, 3.8) is 0 Å². The first-order valence-corrected chi connectivity index (χ1v) is 6.30. The first-order chi connectivity index (χ1) is 8.98. The minimum Gasteiger partial charge on any atom is -0.469 e. The van der Waals surface area contributed by atoms with E-state index in [9.17, 15) is 4.79 Å². The molecule has 2 N–H and O–H groups in total. The van der Waals surface area contributed by atoms with Crippen LogP contribution in [0.2, 0.25) is 0 Å². The zero-order valence-electron chi connectivity index (χ0n) is 11.5. The lowest BCUT2D eigenvalue weighted by molar-refractivity contribution is -0.152. The van der Waals surface area contributed by atoms with Crippen molar-refractivity contribution >= 4 is 16.7 Å². The summed E-state index contributed by atoms with van der Waals surface area (Å²) in [4.78, 5) is 11.9. The first kappa shape index (κ1) is 13.6. The van der Waals surface area contributed by atoms with Crippen LogP contribution in [0, 0.1) is 5.41 Å². The number of carbonyl (C=O) groups excluding carboxylic acids is 1. The molecule has 0 saturated carbocycles. The first-order valence-electron chi connectivity index (χ1n) is 6.30. The third kappa shape index (κ3) is 2.34. The second-order valence-electron chi connectivity index (χ2n) is 5.26. The Labute approximate surface area is 113 Å². The Bertz CT molecular complexity index is 599. The summed E-state index contributed by atoms with van der Waals surface area (Å²) in [6, 6.07) is 13.6. The number of esters is 1. The molecule has 0 radical (unpaired) electrons. The number of benzene rings is 2. The summed E-state index contributed by atoms with van der Waals surface area (Å²) in [5, 5.41) is 2.20. The molecular formula is C16H19NO2. The predicted octanol–water partition coefficient (Wildman–Crippen LogP) is 3.04. The van der Waals surface area contributed by atoms with E-state index in [1.54, 1.807) is 0 Å². The standard InChI is InChI=1S/C16H19NO2/c1-16(2,15(18)19-3)14(17)13-10-6-8-11-7-4-5-9-12(11)13/h4-10,14H,17H2,1-3H3/t14-/m1/s1. The van der Waals surface area contributed by atoms with Gasteiger partial charge >= 0.3 is 5.97 Å². The minimum atomic E-state index is -0.765. The van der Waals surface area contributed by atoms with E-state index in [1.807, 2.05) is 56.3 Å². The summed E-state index contributed by atoms with van der Waals surface area (Å²) < 4.78 is 4.85. The quantitative estimate of drug-likeness (QED) is 0.860. The molecule has 0 spiro atoms. The highest BCUT2D eigenvalue weighted by molar-refractivity contribution is 5.87. The van der Waals surface area contributed by atoms with Gasteiger partial charge in [0.1, 0.15) is 0 Å². The largest absolute Gasteiger partial charge is 0.469 e. The molecule has 2 aromatic rings. The number of carbonyl (C=O) groups is 1. The number of nitrogens with two attached hydrogens (primary N) is 1. The van der Waals surface area contributed by atoms with Crippen LogP contribution in [0.1, 0.15) is 25.5 Å². The topological polar surface area (TPSA) is 52.3 Å². The molecule has 0 aromatic heterocycles. The summed E-state index contributed by atoms with van der Waals surface area (Å²) in [6.45, 7) is 3.62. The molecule has 0 fully saturated rings. The molecule has 19 heavy (non-hydrogen) atoms. The second kappa shape index (κ2) is 5.02. The van der Waals surface area contributed by atoms with E-state index in [1.165, 1.54) is 7.11 Å². The molecule has 0 aliphatic rings. The lowest BCUT2D eigenvalue weighted by Crippen LogP contribution is -2.37. The third-order valence-corrected chi connectivity index (χ3v) is 3.65. The maximum atomic E-state index is 11.9. The third-order valence-electron chi connectivity index (χ3n) is 3.65. The van der Waals surface area contributed by atoms with Gasteiger partial charge in [0.2, 0.25) is 0 Å². The second-order valence-corrected chi connectivity index (χ2v) is 5.26. The molecule has 0 aliphatic heterocycles. The lowest BCUT2D eigenvalue weighted by atomic mass is 9.79. The van der Waals surface area contributed by atoms with Gasteiger partial charge in [-0.2, -0.15) is 0 Å². The Morgan fingerprint density at radius 1 is 1.16 bits per heavy atom. The van der Waals surface area contributed by atoms with Crippen molar-refractivity contribution in [1.29, 1.82) is 0 Å². The monoisotopic (exact) mass is 257 g/mol. The summed E-state index contributed by atoms with van der Waals surface area (Å²) in [7, 11) is 1.39. The Morgan fingerprint density at radius 2 is 1.79 bits per heavy atom. The van der Waals surface area contributed by atoms with Crippen molar-refractivity contribution in [2.24, 2.45) is 11.1 Å². The van der Waals surface area contributed by atoms with Gasteiger partial charge in [-0.3, -0.25) is 4.79 Å². The van der Waals surface area contributed by atoms with E-state index in [-0.39, 0.29) is 5.97 Å². The number of hydrogen-bond donors (Lipinski definition) is 1. The number of hydrogen-bond acceptors (Lipinski definition) is 3. The lowest BCUT2D eigenvalue weighted by Gasteiger charge is -2.29. The van der Waals surface area contributed by atoms with Crippen LogP contribution in [0.5, 0.6) is 0 Å². The molecule has 0 bridgehead atoms. The molecule has 0 amide bonds. The molecule has 0 unspecified atom stereocenters. The highest BCUT2D eigenvalue weighted by Gasteiger charge is 2.37. The Balaban J connectivity index is 2.53. The fourth-order valence-electron chi connectivity index (χ4n) is 2.30. The average Bonchev–Trinajstić information content (AvgIpc) is 2.44. The van der Waals surface area contributed by atoms with E-state index in [4.69, 9.17) is 10.5 Å². The van der Waals surface area contributed by atoms with Crippen LogP contribution >= 0.6 is 0 Å².